The highest BCUT2D eigenvalue weighted by Crippen LogP contribution is 2.59. The fourth-order valence-corrected chi connectivity index (χ4v) is 2.63. The van der Waals surface area contributed by atoms with Crippen molar-refractivity contribution in [2.45, 2.75) is 25.7 Å². The van der Waals surface area contributed by atoms with Crippen molar-refractivity contribution in [3.05, 3.63) is 35.9 Å². The van der Waals surface area contributed by atoms with Gasteiger partial charge in [-0.05, 0) is 17.9 Å². The van der Waals surface area contributed by atoms with Gasteiger partial charge in [-0.25, -0.2) is 0 Å². The van der Waals surface area contributed by atoms with Crippen molar-refractivity contribution in [2.24, 2.45) is 11.8 Å². The number of carboxylic acid groups (broad SMARTS) is 1. The fraction of sp³-hybridized carbons (Fsp3) is 0.462. The number of carbonyl (C=O) groups is 1. The van der Waals surface area contributed by atoms with Crippen LogP contribution in [-0.4, -0.2) is 11.1 Å². The van der Waals surface area contributed by atoms with E-state index in [0.717, 1.165) is 6.42 Å². The number of hydrogen-bond acceptors (Lipinski definition) is 1. The minimum Gasteiger partial charge on any atom is -0.481 e. The highest BCUT2D eigenvalue weighted by Gasteiger charge is 2.61. The summed E-state index contributed by atoms with van der Waals surface area (Å²) in [5, 5.41) is 9.10. The van der Waals surface area contributed by atoms with Crippen LogP contribution >= 0.6 is 0 Å². The SMILES string of the molecule is CC(C)C1(c2ccccc2)C[C@H]1C(=O)O. The van der Waals surface area contributed by atoms with Crippen LogP contribution in [0.25, 0.3) is 0 Å². The third-order valence-electron chi connectivity index (χ3n) is 3.64. The molecule has 2 atom stereocenters. The summed E-state index contributed by atoms with van der Waals surface area (Å²) < 4.78 is 0. The molecule has 0 saturated heterocycles. The van der Waals surface area contributed by atoms with Gasteiger partial charge in [-0.1, -0.05) is 44.2 Å². The molecule has 0 heterocycles. The van der Waals surface area contributed by atoms with Crippen molar-refractivity contribution in [3.8, 4) is 0 Å². The quantitative estimate of drug-likeness (QED) is 0.821. The molecule has 0 radical (unpaired) electrons. The van der Waals surface area contributed by atoms with Gasteiger partial charge in [0.2, 0.25) is 0 Å². The van der Waals surface area contributed by atoms with E-state index in [1.807, 2.05) is 30.3 Å². The molecule has 1 N–H and O–H groups in total. The van der Waals surface area contributed by atoms with E-state index >= 15 is 0 Å². The van der Waals surface area contributed by atoms with Crippen molar-refractivity contribution in [3.63, 3.8) is 0 Å². The maximum absolute atomic E-state index is 11.1. The zero-order valence-electron chi connectivity index (χ0n) is 9.10. The second-order valence-corrected chi connectivity index (χ2v) is 4.66. The molecule has 15 heavy (non-hydrogen) atoms. The van der Waals surface area contributed by atoms with Gasteiger partial charge in [-0.15, -0.1) is 0 Å². The first kappa shape index (κ1) is 10.2. The maximum atomic E-state index is 11.1. The first-order valence-corrected chi connectivity index (χ1v) is 5.37. The topological polar surface area (TPSA) is 37.3 Å². The van der Waals surface area contributed by atoms with Gasteiger partial charge in [0.1, 0.15) is 0 Å². The molecular formula is C13H16O2. The highest BCUT2D eigenvalue weighted by atomic mass is 16.4. The molecule has 2 rings (SSSR count). The standard InChI is InChI=1S/C13H16O2/c1-9(2)13(8-11(13)12(14)15)10-6-4-3-5-7-10/h3-7,9,11H,8H2,1-2H3,(H,14,15)/t11-,13?/m0/s1. The Bertz CT molecular complexity index is 369. The number of aliphatic carboxylic acids is 1. The van der Waals surface area contributed by atoms with Crippen molar-refractivity contribution < 1.29 is 9.90 Å². The summed E-state index contributed by atoms with van der Waals surface area (Å²) in [6.45, 7) is 4.21. The second kappa shape index (κ2) is 3.37. The lowest BCUT2D eigenvalue weighted by molar-refractivity contribution is -0.139. The van der Waals surface area contributed by atoms with Gasteiger partial charge in [-0.3, -0.25) is 4.79 Å². The van der Waals surface area contributed by atoms with Gasteiger partial charge >= 0.3 is 5.97 Å². The minimum absolute atomic E-state index is 0.118. The lowest BCUT2D eigenvalue weighted by Crippen LogP contribution is -2.21. The molecule has 0 spiro atoms. The van der Waals surface area contributed by atoms with Crippen LogP contribution in [0.5, 0.6) is 0 Å². The first-order chi connectivity index (χ1) is 7.09. The normalized spacial score (nSPS) is 29.1. The van der Waals surface area contributed by atoms with E-state index in [2.05, 4.69) is 13.8 Å². The molecule has 2 nitrogen and oxygen atoms in total. The summed E-state index contributed by atoms with van der Waals surface area (Å²) in [6, 6.07) is 10.0. The van der Waals surface area contributed by atoms with Crippen LogP contribution in [-0.2, 0) is 10.2 Å². The van der Waals surface area contributed by atoms with E-state index in [9.17, 15) is 4.79 Å². The van der Waals surface area contributed by atoms with Crippen molar-refractivity contribution in [1.82, 2.24) is 0 Å². The summed E-state index contributed by atoms with van der Waals surface area (Å²) in [7, 11) is 0. The van der Waals surface area contributed by atoms with E-state index in [1.54, 1.807) is 0 Å². The number of benzene rings is 1. The van der Waals surface area contributed by atoms with Gasteiger partial charge in [0.25, 0.3) is 0 Å². The lowest BCUT2D eigenvalue weighted by atomic mass is 9.83. The molecule has 1 unspecified atom stereocenters. The third-order valence-corrected chi connectivity index (χ3v) is 3.64. The largest absolute Gasteiger partial charge is 0.481 e. The van der Waals surface area contributed by atoms with Crippen LogP contribution in [0.4, 0.5) is 0 Å². The van der Waals surface area contributed by atoms with Crippen LogP contribution < -0.4 is 0 Å². The summed E-state index contributed by atoms with van der Waals surface area (Å²) in [4.78, 5) is 11.1. The van der Waals surface area contributed by atoms with E-state index in [4.69, 9.17) is 5.11 Å². The zero-order chi connectivity index (χ0) is 11.1. The Morgan fingerprint density at radius 2 is 2.00 bits per heavy atom. The predicted molar refractivity (Wildman–Crippen MR) is 58.7 cm³/mol. The lowest BCUT2D eigenvalue weighted by Gasteiger charge is -2.21. The van der Waals surface area contributed by atoms with E-state index in [-0.39, 0.29) is 11.3 Å². The van der Waals surface area contributed by atoms with E-state index < -0.39 is 5.97 Å². The van der Waals surface area contributed by atoms with Gasteiger partial charge in [0, 0.05) is 5.41 Å². The Kier molecular flexibility index (Phi) is 2.29. The minimum atomic E-state index is -0.660. The second-order valence-electron chi connectivity index (χ2n) is 4.66. The summed E-state index contributed by atoms with van der Waals surface area (Å²) in [5.41, 5.74) is 1.06. The number of rotatable bonds is 3. The molecule has 1 fully saturated rings. The van der Waals surface area contributed by atoms with Crippen LogP contribution in [0.2, 0.25) is 0 Å². The highest BCUT2D eigenvalue weighted by molar-refractivity contribution is 5.77. The molecule has 80 valence electrons. The van der Waals surface area contributed by atoms with Gasteiger partial charge in [-0.2, -0.15) is 0 Å². The average molecular weight is 204 g/mol. The third kappa shape index (κ3) is 1.44. The number of hydrogen-bond donors (Lipinski definition) is 1. The molecule has 0 aliphatic heterocycles. The molecule has 2 heteroatoms. The molecule has 1 aromatic rings. The predicted octanol–water partition coefficient (Wildman–Crippen LogP) is 2.68. The molecule has 1 aliphatic rings. The summed E-state index contributed by atoms with van der Waals surface area (Å²) >= 11 is 0. The van der Waals surface area contributed by atoms with E-state index in [0.29, 0.717) is 5.92 Å². The molecule has 0 aromatic heterocycles. The van der Waals surface area contributed by atoms with Crippen LogP contribution in [0.3, 0.4) is 0 Å². The zero-order valence-corrected chi connectivity index (χ0v) is 9.10. The maximum Gasteiger partial charge on any atom is 0.307 e. The Morgan fingerprint density at radius 3 is 2.40 bits per heavy atom. The molecule has 1 aliphatic carbocycles. The first-order valence-electron chi connectivity index (χ1n) is 5.37. The summed E-state index contributed by atoms with van der Waals surface area (Å²) in [5.74, 6) is -0.478. The fourth-order valence-electron chi connectivity index (χ4n) is 2.63. The average Bonchev–Trinajstić information content (AvgIpc) is 2.95. The van der Waals surface area contributed by atoms with Crippen LogP contribution in [0.1, 0.15) is 25.8 Å². The van der Waals surface area contributed by atoms with Gasteiger partial charge < -0.3 is 5.11 Å². The molecule has 0 amide bonds. The smallest absolute Gasteiger partial charge is 0.307 e. The van der Waals surface area contributed by atoms with Crippen molar-refractivity contribution in [2.75, 3.05) is 0 Å². The molecule has 1 aromatic carbocycles. The van der Waals surface area contributed by atoms with Crippen LogP contribution in [0.15, 0.2) is 30.3 Å². The Morgan fingerprint density at radius 1 is 1.40 bits per heavy atom. The van der Waals surface area contributed by atoms with Crippen LogP contribution in [0, 0.1) is 11.8 Å². The molecule has 0 bridgehead atoms. The van der Waals surface area contributed by atoms with Gasteiger partial charge in [0.05, 0.1) is 5.92 Å². The van der Waals surface area contributed by atoms with Crippen molar-refractivity contribution >= 4 is 5.97 Å². The Balaban J connectivity index is 2.36. The summed E-state index contributed by atoms with van der Waals surface area (Å²) in [6.07, 6.45) is 0.782. The molecular weight excluding hydrogens is 188 g/mol. The van der Waals surface area contributed by atoms with E-state index in [1.165, 1.54) is 5.56 Å². The monoisotopic (exact) mass is 204 g/mol. The van der Waals surface area contributed by atoms with Crippen molar-refractivity contribution in [1.29, 1.82) is 0 Å². The Hall–Kier alpha value is -1.31. The number of carboxylic acids is 1. The molecule has 1 saturated carbocycles. The van der Waals surface area contributed by atoms with Gasteiger partial charge in [0.15, 0.2) is 0 Å². The Labute approximate surface area is 89.9 Å².